The molecule has 3 aromatic rings. The van der Waals surface area contributed by atoms with E-state index in [4.69, 9.17) is 4.74 Å². The molecule has 4 rings (SSSR count). The molecule has 1 aliphatic rings. The summed E-state index contributed by atoms with van der Waals surface area (Å²) in [5.41, 5.74) is -0.750. The van der Waals surface area contributed by atoms with Crippen molar-refractivity contribution in [2.75, 3.05) is 0 Å². The van der Waals surface area contributed by atoms with Crippen molar-refractivity contribution in [3.05, 3.63) is 84.7 Å². The first-order valence-electron chi connectivity index (χ1n) is 10.9. The lowest BCUT2D eigenvalue weighted by Gasteiger charge is -2.21. The molecule has 0 bridgehead atoms. The summed E-state index contributed by atoms with van der Waals surface area (Å²) in [4.78, 5) is 3.39. The highest BCUT2D eigenvalue weighted by atomic mass is 32.2. The number of benzene rings is 3. The summed E-state index contributed by atoms with van der Waals surface area (Å²) in [6, 6.07) is 25.9. The summed E-state index contributed by atoms with van der Waals surface area (Å²) in [6.45, 7) is 3.82. The third kappa shape index (κ3) is 5.51. The molecule has 1 fully saturated rings. The van der Waals surface area contributed by atoms with Crippen LogP contribution in [0.3, 0.4) is 0 Å². The highest BCUT2D eigenvalue weighted by molar-refractivity contribution is 7.97. The first-order valence-corrected chi connectivity index (χ1v) is 12.1. The molecule has 0 N–H and O–H groups in total. The van der Waals surface area contributed by atoms with Gasteiger partial charge in [0.1, 0.15) is 0 Å². The van der Waals surface area contributed by atoms with Crippen LogP contribution in [0.4, 0.5) is 4.39 Å². The fraction of sp³-hybridized carbons (Fsp3) is 0.286. The molecule has 1 nitrogen and oxygen atoms in total. The molecule has 0 aromatic heterocycles. The lowest BCUT2D eigenvalue weighted by molar-refractivity contribution is 0.163. The quantitative estimate of drug-likeness (QED) is 0.305. The van der Waals surface area contributed by atoms with Crippen LogP contribution in [0, 0.1) is 23.6 Å². The SMILES string of the molecule is CC(C)(C#CC1CCCC1)Oc1cc([S+](c2ccccc2)c2ccccc2)ccc1F. The molecule has 0 spiro atoms. The van der Waals surface area contributed by atoms with Crippen LogP contribution >= 0.6 is 0 Å². The van der Waals surface area contributed by atoms with E-state index in [-0.39, 0.29) is 22.5 Å². The molecule has 158 valence electrons. The van der Waals surface area contributed by atoms with Gasteiger partial charge in [-0.1, -0.05) is 61.1 Å². The van der Waals surface area contributed by atoms with Gasteiger partial charge in [0.05, 0.1) is 10.9 Å². The van der Waals surface area contributed by atoms with Crippen LogP contribution in [0.2, 0.25) is 0 Å². The zero-order valence-corrected chi connectivity index (χ0v) is 18.9. The van der Waals surface area contributed by atoms with E-state index >= 15 is 0 Å². The van der Waals surface area contributed by atoms with E-state index in [2.05, 4.69) is 36.1 Å². The topological polar surface area (TPSA) is 9.23 Å². The Morgan fingerprint density at radius 1 is 0.839 bits per heavy atom. The van der Waals surface area contributed by atoms with E-state index in [1.54, 1.807) is 0 Å². The fourth-order valence-corrected chi connectivity index (χ4v) is 5.96. The van der Waals surface area contributed by atoms with E-state index in [0.717, 1.165) is 17.7 Å². The highest BCUT2D eigenvalue weighted by Crippen LogP contribution is 2.34. The van der Waals surface area contributed by atoms with Crippen molar-refractivity contribution >= 4 is 10.9 Å². The summed E-state index contributed by atoms with van der Waals surface area (Å²) in [7, 11) is -0.350. The molecular weight excluding hydrogens is 403 g/mol. The van der Waals surface area contributed by atoms with Crippen LogP contribution in [0.15, 0.2) is 93.5 Å². The van der Waals surface area contributed by atoms with Crippen molar-refractivity contribution in [3.8, 4) is 17.6 Å². The Kier molecular flexibility index (Phi) is 6.68. The van der Waals surface area contributed by atoms with Crippen molar-refractivity contribution < 1.29 is 9.13 Å². The minimum atomic E-state index is -0.750. The van der Waals surface area contributed by atoms with Crippen molar-refractivity contribution in [1.82, 2.24) is 0 Å². The van der Waals surface area contributed by atoms with Crippen LogP contribution in [0.1, 0.15) is 39.5 Å². The Balaban J connectivity index is 1.66. The molecule has 0 radical (unpaired) electrons. The second-order valence-corrected chi connectivity index (χ2v) is 10.4. The summed E-state index contributed by atoms with van der Waals surface area (Å²) in [5, 5.41) is 0. The standard InChI is InChI=1S/C28H28FOS/c1-28(2,20-19-22-11-9-10-12-22)30-27-21-25(17-18-26(27)29)31(23-13-5-3-6-14-23)24-15-7-4-8-16-24/h3-8,13-18,21-22H,9-12H2,1-2H3/q+1. The summed E-state index contributed by atoms with van der Waals surface area (Å²) >= 11 is 0. The zero-order chi connectivity index (χ0) is 21.7. The van der Waals surface area contributed by atoms with Crippen molar-refractivity contribution in [1.29, 1.82) is 0 Å². The number of halogens is 1. The second-order valence-electron chi connectivity index (χ2n) is 8.39. The predicted octanol–water partition coefficient (Wildman–Crippen LogP) is 7.27. The van der Waals surface area contributed by atoms with Crippen molar-refractivity contribution in [2.24, 2.45) is 5.92 Å². The molecule has 0 amide bonds. The maximum atomic E-state index is 14.7. The maximum Gasteiger partial charge on any atom is 0.170 e. The normalized spacial score (nSPS) is 14.3. The Hall–Kier alpha value is -2.70. The monoisotopic (exact) mass is 431 g/mol. The molecule has 3 aromatic carbocycles. The molecule has 1 aliphatic carbocycles. The molecule has 31 heavy (non-hydrogen) atoms. The minimum absolute atomic E-state index is 0.257. The first kappa shape index (κ1) is 21.5. The van der Waals surface area contributed by atoms with Gasteiger partial charge in [0, 0.05) is 12.0 Å². The highest BCUT2D eigenvalue weighted by Gasteiger charge is 2.30. The van der Waals surface area contributed by atoms with Gasteiger partial charge in [0.15, 0.2) is 31.9 Å². The average molecular weight is 432 g/mol. The third-order valence-corrected chi connectivity index (χ3v) is 7.61. The van der Waals surface area contributed by atoms with Gasteiger partial charge >= 0.3 is 0 Å². The fourth-order valence-electron chi connectivity index (χ4n) is 3.86. The lowest BCUT2D eigenvalue weighted by Crippen LogP contribution is -2.26. The molecule has 0 unspecified atom stereocenters. The Morgan fingerprint density at radius 2 is 1.42 bits per heavy atom. The van der Waals surface area contributed by atoms with E-state index in [1.165, 1.54) is 28.7 Å². The van der Waals surface area contributed by atoms with Crippen molar-refractivity contribution in [2.45, 2.75) is 59.8 Å². The first-order chi connectivity index (χ1) is 15.0. The minimum Gasteiger partial charge on any atom is -0.472 e. The van der Waals surface area contributed by atoms with Crippen LogP contribution < -0.4 is 4.74 Å². The van der Waals surface area contributed by atoms with Gasteiger partial charge in [-0.05, 0) is 63.1 Å². The lowest BCUT2D eigenvalue weighted by atomic mass is 10.1. The Labute approximate surface area is 188 Å². The second kappa shape index (κ2) is 9.62. The molecular formula is C28H28FOS+. The predicted molar refractivity (Wildman–Crippen MR) is 126 cm³/mol. The van der Waals surface area contributed by atoms with Gasteiger partial charge in [-0.25, -0.2) is 4.39 Å². The van der Waals surface area contributed by atoms with Crippen LogP contribution in [0.5, 0.6) is 5.75 Å². The van der Waals surface area contributed by atoms with Gasteiger partial charge in [0.2, 0.25) is 0 Å². The van der Waals surface area contributed by atoms with Crippen LogP contribution in [0.25, 0.3) is 0 Å². The van der Waals surface area contributed by atoms with Crippen molar-refractivity contribution in [3.63, 3.8) is 0 Å². The van der Waals surface area contributed by atoms with Crippen LogP contribution in [-0.4, -0.2) is 5.60 Å². The van der Waals surface area contributed by atoms with Gasteiger partial charge in [0.25, 0.3) is 0 Å². The van der Waals surface area contributed by atoms with E-state index < -0.39 is 5.60 Å². The van der Waals surface area contributed by atoms with E-state index in [9.17, 15) is 4.39 Å². The maximum absolute atomic E-state index is 14.7. The Morgan fingerprint density at radius 3 is 2.00 bits per heavy atom. The molecule has 0 heterocycles. The smallest absolute Gasteiger partial charge is 0.170 e. The Bertz CT molecular complexity index is 1020. The van der Waals surface area contributed by atoms with Crippen LogP contribution in [-0.2, 0) is 10.9 Å². The number of hydrogen-bond acceptors (Lipinski definition) is 1. The molecule has 0 aliphatic heterocycles. The molecule has 3 heteroatoms. The van der Waals surface area contributed by atoms with Gasteiger partial charge in [-0.3, -0.25) is 0 Å². The van der Waals surface area contributed by atoms with E-state index in [0.29, 0.717) is 5.92 Å². The molecule has 0 saturated heterocycles. The van der Waals surface area contributed by atoms with Gasteiger partial charge < -0.3 is 4.74 Å². The third-order valence-electron chi connectivity index (χ3n) is 5.39. The zero-order valence-electron chi connectivity index (χ0n) is 18.1. The summed E-state index contributed by atoms with van der Waals surface area (Å²) < 4.78 is 20.9. The summed E-state index contributed by atoms with van der Waals surface area (Å²) in [6.07, 6.45) is 4.81. The number of ether oxygens (including phenoxy) is 1. The molecule has 0 atom stereocenters. The van der Waals surface area contributed by atoms with E-state index in [1.807, 2.05) is 62.4 Å². The average Bonchev–Trinajstić information content (AvgIpc) is 3.30. The summed E-state index contributed by atoms with van der Waals surface area (Å²) in [5.74, 6) is 6.95. The van der Waals surface area contributed by atoms with Gasteiger partial charge in [-0.15, -0.1) is 0 Å². The number of rotatable bonds is 5. The number of hydrogen-bond donors (Lipinski definition) is 0. The van der Waals surface area contributed by atoms with Gasteiger partial charge in [-0.2, -0.15) is 0 Å². The molecule has 1 saturated carbocycles. The largest absolute Gasteiger partial charge is 0.472 e.